The van der Waals surface area contributed by atoms with Gasteiger partial charge < -0.3 is 9.72 Å². The molecule has 3 aromatic rings. The molecule has 0 aliphatic rings. The van der Waals surface area contributed by atoms with E-state index < -0.39 is 0 Å². The molecule has 1 amide bonds. The molecule has 94 valence electrons. The van der Waals surface area contributed by atoms with Crippen molar-refractivity contribution in [2.24, 2.45) is 0 Å². The lowest BCUT2D eigenvalue weighted by Gasteiger charge is -2.05. The number of rotatable bonds is 3. The molecule has 0 atom stereocenters. The SMILES string of the molecule is O=C(NCc1ccccn1)c1ccc2nccn2c1. The molecular weight excluding hydrogens is 240 g/mol. The van der Waals surface area contributed by atoms with E-state index in [2.05, 4.69) is 15.3 Å². The van der Waals surface area contributed by atoms with Crippen LogP contribution in [-0.4, -0.2) is 20.3 Å². The van der Waals surface area contributed by atoms with Crippen LogP contribution in [0.25, 0.3) is 5.65 Å². The maximum Gasteiger partial charge on any atom is 0.253 e. The Morgan fingerprint density at radius 2 is 2.11 bits per heavy atom. The Hall–Kier alpha value is -2.69. The molecule has 0 aliphatic heterocycles. The molecule has 0 aromatic carbocycles. The van der Waals surface area contributed by atoms with Gasteiger partial charge in [-0.15, -0.1) is 0 Å². The Morgan fingerprint density at radius 3 is 2.95 bits per heavy atom. The highest BCUT2D eigenvalue weighted by Crippen LogP contribution is 2.05. The van der Waals surface area contributed by atoms with E-state index in [4.69, 9.17) is 0 Å². The molecule has 3 aromatic heterocycles. The fourth-order valence-electron chi connectivity index (χ4n) is 1.83. The summed E-state index contributed by atoms with van der Waals surface area (Å²) in [7, 11) is 0. The molecule has 5 heteroatoms. The fourth-order valence-corrected chi connectivity index (χ4v) is 1.83. The Bertz CT molecular complexity index is 706. The summed E-state index contributed by atoms with van der Waals surface area (Å²) in [6.07, 6.45) is 6.98. The summed E-state index contributed by atoms with van der Waals surface area (Å²) in [5.74, 6) is -0.124. The summed E-state index contributed by atoms with van der Waals surface area (Å²) in [5.41, 5.74) is 2.25. The average Bonchev–Trinajstić information content (AvgIpc) is 2.93. The van der Waals surface area contributed by atoms with Crippen LogP contribution in [0, 0.1) is 0 Å². The predicted molar refractivity (Wildman–Crippen MR) is 70.6 cm³/mol. The zero-order valence-electron chi connectivity index (χ0n) is 10.2. The van der Waals surface area contributed by atoms with Crippen LogP contribution in [0.5, 0.6) is 0 Å². The number of nitrogens with one attached hydrogen (secondary N) is 1. The highest BCUT2D eigenvalue weighted by molar-refractivity contribution is 5.94. The summed E-state index contributed by atoms with van der Waals surface area (Å²) in [5, 5.41) is 2.84. The van der Waals surface area contributed by atoms with Crippen molar-refractivity contribution in [1.29, 1.82) is 0 Å². The first kappa shape index (κ1) is 11.4. The smallest absolute Gasteiger partial charge is 0.253 e. The van der Waals surface area contributed by atoms with Crippen molar-refractivity contribution < 1.29 is 4.79 Å². The predicted octanol–water partition coefficient (Wildman–Crippen LogP) is 1.66. The van der Waals surface area contributed by atoms with E-state index in [1.165, 1.54) is 0 Å². The number of amides is 1. The van der Waals surface area contributed by atoms with E-state index in [0.29, 0.717) is 12.1 Å². The van der Waals surface area contributed by atoms with E-state index in [1.54, 1.807) is 24.7 Å². The molecule has 0 spiro atoms. The molecule has 0 bridgehead atoms. The largest absolute Gasteiger partial charge is 0.346 e. The second-order valence-electron chi connectivity index (χ2n) is 4.11. The lowest BCUT2D eigenvalue weighted by atomic mass is 10.2. The Morgan fingerprint density at radius 1 is 1.16 bits per heavy atom. The normalized spacial score (nSPS) is 10.5. The number of pyridine rings is 2. The highest BCUT2D eigenvalue weighted by atomic mass is 16.1. The third-order valence-electron chi connectivity index (χ3n) is 2.81. The first-order valence-electron chi connectivity index (χ1n) is 5.94. The fraction of sp³-hybridized carbons (Fsp3) is 0.0714. The van der Waals surface area contributed by atoms with Crippen LogP contribution in [0.4, 0.5) is 0 Å². The minimum atomic E-state index is -0.124. The minimum Gasteiger partial charge on any atom is -0.346 e. The van der Waals surface area contributed by atoms with Gasteiger partial charge >= 0.3 is 0 Å². The summed E-state index contributed by atoms with van der Waals surface area (Å²) in [4.78, 5) is 20.3. The molecule has 1 N–H and O–H groups in total. The lowest BCUT2D eigenvalue weighted by molar-refractivity contribution is 0.0950. The van der Waals surface area contributed by atoms with Crippen LogP contribution < -0.4 is 5.32 Å². The van der Waals surface area contributed by atoms with Gasteiger partial charge in [0, 0.05) is 24.8 Å². The maximum atomic E-state index is 12.0. The van der Waals surface area contributed by atoms with Crippen molar-refractivity contribution in [1.82, 2.24) is 19.7 Å². The van der Waals surface area contributed by atoms with E-state index in [0.717, 1.165) is 11.3 Å². The third kappa shape index (κ3) is 2.44. The summed E-state index contributed by atoms with van der Waals surface area (Å²) in [6.45, 7) is 0.418. The monoisotopic (exact) mass is 252 g/mol. The topological polar surface area (TPSA) is 59.3 Å². The first-order valence-corrected chi connectivity index (χ1v) is 5.94. The number of hydrogen-bond donors (Lipinski definition) is 1. The second kappa shape index (κ2) is 4.89. The van der Waals surface area contributed by atoms with Crippen molar-refractivity contribution in [2.75, 3.05) is 0 Å². The molecule has 3 heterocycles. The number of carbonyl (C=O) groups excluding carboxylic acids is 1. The van der Waals surface area contributed by atoms with Gasteiger partial charge in [0.2, 0.25) is 0 Å². The molecular formula is C14H12N4O. The molecule has 0 saturated carbocycles. The number of nitrogens with zero attached hydrogens (tertiary/aromatic N) is 3. The number of imidazole rings is 1. The van der Waals surface area contributed by atoms with E-state index >= 15 is 0 Å². The Balaban J connectivity index is 1.73. The number of carbonyl (C=O) groups is 1. The molecule has 0 aliphatic carbocycles. The minimum absolute atomic E-state index is 0.124. The van der Waals surface area contributed by atoms with Crippen LogP contribution >= 0.6 is 0 Å². The summed E-state index contributed by atoms with van der Waals surface area (Å²) < 4.78 is 1.82. The summed E-state index contributed by atoms with van der Waals surface area (Å²) >= 11 is 0. The third-order valence-corrected chi connectivity index (χ3v) is 2.81. The standard InChI is InChI=1S/C14H12N4O/c19-14(17-9-12-3-1-2-6-15-12)11-4-5-13-16-7-8-18(13)10-11/h1-8,10H,9H2,(H,17,19). The van der Waals surface area contributed by atoms with Gasteiger partial charge in [-0.3, -0.25) is 9.78 Å². The van der Waals surface area contributed by atoms with Gasteiger partial charge in [0.25, 0.3) is 5.91 Å². The van der Waals surface area contributed by atoms with E-state index in [-0.39, 0.29) is 5.91 Å². The highest BCUT2D eigenvalue weighted by Gasteiger charge is 2.06. The summed E-state index contributed by atoms with van der Waals surface area (Å²) in [6, 6.07) is 9.19. The molecule has 19 heavy (non-hydrogen) atoms. The van der Waals surface area contributed by atoms with Gasteiger partial charge in [0.1, 0.15) is 5.65 Å². The molecule has 0 fully saturated rings. The van der Waals surface area contributed by atoms with Crippen molar-refractivity contribution in [3.63, 3.8) is 0 Å². The van der Waals surface area contributed by atoms with Gasteiger partial charge in [-0.1, -0.05) is 6.07 Å². The van der Waals surface area contributed by atoms with Gasteiger partial charge in [-0.2, -0.15) is 0 Å². The number of aromatic nitrogens is 3. The molecule has 0 unspecified atom stereocenters. The zero-order chi connectivity index (χ0) is 13.1. The zero-order valence-corrected chi connectivity index (χ0v) is 10.2. The van der Waals surface area contributed by atoms with Gasteiger partial charge in [0.15, 0.2) is 0 Å². The van der Waals surface area contributed by atoms with Gasteiger partial charge in [-0.25, -0.2) is 4.98 Å². The van der Waals surface area contributed by atoms with Crippen molar-refractivity contribution in [3.05, 3.63) is 66.4 Å². The maximum absolute atomic E-state index is 12.0. The van der Waals surface area contributed by atoms with Crippen LogP contribution in [0.15, 0.2) is 55.1 Å². The number of hydrogen-bond acceptors (Lipinski definition) is 3. The molecule has 5 nitrogen and oxygen atoms in total. The van der Waals surface area contributed by atoms with Crippen molar-refractivity contribution in [2.45, 2.75) is 6.54 Å². The molecule has 0 radical (unpaired) electrons. The molecule has 0 saturated heterocycles. The van der Waals surface area contributed by atoms with E-state index in [1.807, 2.05) is 34.9 Å². The van der Waals surface area contributed by atoms with Crippen LogP contribution in [-0.2, 0) is 6.54 Å². The Kier molecular flexibility index (Phi) is 2.94. The average molecular weight is 252 g/mol. The van der Waals surface area contributed by atoms with E-state index in [9.17, 15) is 4.79 Å². The van der Waals surface area contributed by atoms with Crippen molar-refractivity contribution >= 4 is 11.6 Å². The van der Waals surface area contributed by atoms with Crippen LogP contribution in [0.1, 0.15) is 16.1 Å². The quantitative estimate of drug-likeness (QED) is 0.771. The first-order chi connectivity index (χ1) is 9.33. The van der Waals surface area contributed by atoms with Gasteiger partial charge in [-0.05, 0) is 24.3 Å². The van der Waals surface area contributed by atoms with Crippen LogP contribution in [0.2, 0.25) is 0 Å². The van der Waals surface area contributed by atoms with Crippen LogP contribution in [0.3, 0.4) is 0 Å². The van der Waals surface area contributed by atoms with Crippen molar-refractivity contribution in [3.8, 4) is 0 Å². The Labute approximate surface area is 109 Å². The lowest BCUT2D eigenvalue weighted by Crippen LogP contribution is -2.23. The van der Waals surface area contributed by atoms with Gasteiger partial charge in [0.05, 0.1) is 17.8 Å². The second-order valence-corrected chi connectivity index (χ2v) is 4.11. The molecule has 3 rings (SSSR count). The number of fused-ring (bicyclic) bond motifs is 1.